The molecular formula is C9H13NO. The van der Waals surface area contributed by atoms with E-state index in [1.54, 1.807) is 6.07 Å². The monoisotopic (exact) mass is 151 g/mol. The van der Waals surface area contributed by atoms with Crippen molar-refractivity contribution in [3.8, 4) is 5.75 Å². The molecule has 1 rings (SSSR count). The Morgan fingerprint density at radius 2 is 2.09 bits per heavy atom. The summed E-state index contributed by atoms with van der Waals surface area (Å²) >= 11 is 0. The minimum Gasteiger partial charge on any atom is -0.506 e. The number of phenolic OH excluding ortho intramolecular Hbond substituents is 1. The van der Waals surface area contributed by atoms with Crippen LogP contribution in [0.5, 0.6) is 5.75 Å². The van der Waals surface area contributed by atoms with Crippen LogP contribution in [0, 0.1) is 6.92 Å². The van der Waals surface area contributed by atoms with Crippen molar-refractivity contribution in [2.24, 2.45) is 0 Å². The number of nitrogens with two attached hydrogens (primary N) is 1. The van der Waals surface area contributed by atoms with Crippen LogP contribution in [0.2, 0.25) is 0 Å². The van der Waals surface area contributed by atoms with E-state index >= 15 is 0 Å². The fourth-order valence-electron chi connectivity index (χ4n) is 1.14. The highest BCUT2D eigenvalue weighted by Crippen LogP contribution is 2.26. The second-order valence-corrected chi connectivity index (χ2v) is 2.64. The molecule has 0 unspecified atom stereocenters. The molecule has 0 fully saturated rings. The zero-order valence-electron chi connectivity index (χ0n) is 6.89. The van der Waals surface area contributed by atoms with Gasteiger partial charge < -0.3 is 10.8 Å². The summed E-state index contributed by atoms with van der Waals surface area (Å²) in [6, 6.07) is 3.54. The highest BCUT2D eigenvalue weighted by molar-refractivity contribution is 5.59. The lowest BCUT2D eigenvalue weighted by molar-refractivity contribution is 0.477. The number of rotatable bonds is 1. The number of anilines is 1. The van der Waals surface area contributed by atoms with Crippen LogP contribution in [0.1, 0.15) is 18.1 Å². The first kappa shape index (κ1) is 7.92. The van der Waals surface area contributed by atoms with Gasteiger partial charge in [-0.25, -0.2) is 0 Å². The molecule has 0 aliphatic carbocycles. The Labute approximate surface area is 66.7 Å². The molecule has 0 heterocycles. The number of nitrogen functional groups attached to an aromatic ring is 1. The minimum absolute atomic E-state index is 0.180. The summed E-state index contributed by atoms with van der Waals surface area (Å²) in [6.07, 6.45) is 0.955. The fraction of sp³-hybridized carbons (Fsp3) is 0.333. The van der Waals surface area contributed by atoms with Crippen molar-refractivity contribution in [3.05, 3.63) is 23.3 Å². The quantitative estimate of drug-likeness (QED) is 0.475. The first-order valence-electron chi connectivity index (χ1n) is 3.73. The Hall–Kier alpha value is -1.18. The molecule has 0 aliphatic rings. The first-order valence-corrected chi connectivity index (χ1v) is 3.73. The van der Waals surface area contributed by atoms with Crippen molar-refractivity contribution >= 4 is 5.69 Å². The summed E-state index contributed by atoms with van der Waals surface area (Å²) in [4.78, 5) is 0. The second-order valence-electron chi connectivity index (χ2n) is 2.64. The Balaban J connectivity index is 3.25. The van der Waals surface area contributed by atoms with Gasteiger partial charge in [0.15, 0.2) is 0 Å². The van der Waals surface area contributed by atoms with Crippen molar-refractivity contribution in [1.29, 1.82) is 0 Å². The van der Waals surface area contributed by atoms with Crippen molar-refractivity contribution in [1.82, 2.24) is 0 Å². The zero-order chi connectivity index (χ0) is 8.43. The van der Waals surface area contributed by atoms with Gasteiger partial charge in [-0.15, -0.1) is 0 Å². The SMILES string of the molecule is CCc1ccc(O)c(N)c1C. The molecule has 2 heteroatoms. The standard InChI is InChI=1S/C9H13NO/c1-3-7-4-5-8(11)9(10)6(7)2/h4-5,11H,3,10H2,1-2H3. The normalized spacial score (nSPS) is 10.0. The van der Waals surface area contributed by atoms with Gasteiger partial charge in [0.05, 0.1) is 5.69 Å². The summed E-state index contributed by atoms with van der Waals surface area (Å²) in [5.74, 6) is 0.180. The van der Waals surface area contributed by atoms with Gasteiger partial charge in [-0.05, 0) is 30.5 Å². The Morgan fingerprint density at radius 3 is 2.64 bits per heavy atom. The van der Waals surface area contributed by atoms with E-state index in [0.29, 0.717) is 5.69 Å². The van der Waals surface area contributed by atoms with Crippen LogP contribution in [0.25, 0.3) is 0 Å². The summed E-state index contributed by atoms with van der Waals surface area (Å²) in [5, 5.41) is 9.20. The average Bonchev–Trinajstić information content (AvgIpc) is 2.01. The lowest BCUT2D eigenvalue weighted by Crippen LogP contribution is -1.94. The van der Waals surface area contributed by atoms with Crippen molar-refractivity contribution in [2.75, 3.05) is 5.73 Å². The van der Waals surface area contributed by atoms with E-state index in [4.69, 9.17) is 5.73 Å². The van der Waals surface area contributed by atoms with Gasteiger partial charge in [0.1, 0.15) is 5.75 Å². The average molecular weight is 151 g/mol. The van der Waals surface area contributed by atoms with Crippen molar-refractivity contribution in [2.45, 2.75) is 20.3 Å². The number of aromatic hydroxyl groups is 1. The molecule has 0 saturated heterocycles. The number of phenols is 1. The minimum atomic E-state index is 0.180. The predicted molar refractivity (Wildman–Crippen MR) is 46.6 cm³/mol. The van der Waals surface area contributed by atoms with Gasteiger partial charge >= 0.3 is 0 Å². The van der Waals surface area contributed by atoms with Crippen LogP contribution in [0.15, 0.2) is 12.1 Å². The van der Waals surface area contributed by atoms with Crippen LogP contribution in [-0.2, 0) is 6.42 Å². The molecular weight excluding hydrogens is 138 g/mol. The maximum absolute atomic E-state index is 9.20. The predicted octanol–water partition coefficient (Wildman–Crippen LogP) is 1.85. The maximum Gasteiger partial charge on any atom is 0.138 e. The molecule has 0 aromatic heterocycles. The van der Waals surface area contributed by atoms with Gasteiger partial charge in [-0.3, -0.25) is 0 Å². The molecule has 3 N–H and O–H groups in total. The molecule has 0 aliphatic heterocycles. The third-order valence-corrected chi connectivity index (χ3v) is 1.98. The van der Waals surface area contributed by atoms with E-state index in [1.165, 1.54) is 5.56 Å². The smallest absolute Gasteiger partial charge is 0.138 e. The van der Waals surface area contributed by atoms with Crippen LogP contribution < -0.4 is 5.73 Å². The molecule has 2 nitrogen and oxygen atoms in total. The number of aryl methyl sites for hydroxylation is 1. The van der Waals surface area contributed by atoms with E-state index in [-0.39, 0.29) is 5.75 Å². The van der Waals surface area contributed by atoms with Gasteiger partial charge in [-0.2, -0.15) is 0 Å². The van der Waals surface area contributed by atoms with Crippen molar-refractivity contribution < 1.29 is 5.11 Å². The molecule has 0 bridgehead atoms. The van der Waals surface area contributed by atoms with Gasteiger partial charge in [0, 0.05) is 0 Å². The largest absolute Gasteiger partial charge is 0.506 e. The number of hydrogen-bond acceptors (Lipinski definition) is 2. The lowest BCUT2D eigenvalue weighted by atomic mass is 10.0. The maximum atomic E-state index is 9.20. The molecule has 11 heavy (non-hydrogen) atoms. The van der Waals surface area contributed by atoms with Crippen LogP contribution in [-0.4, -0.2) is 5.11 Å². The van der Waals surface area contributed by atoms with E-state index in [1.807, 2.05) is 13.0 Å². The van der Waals surface area contributed by atoms with Gasteiger partial charge in [-0.1, -0.05) is 13.0 Å². The Morgan fingerprint density at radius 1 is 1.45 bits per heavy atom. The molecule has 0 radical (unpaired) electrons. The molecule has 60 valence electrons. The summed E-state index contributed by atoms with van der Waals surface area (Å²) in [7, 11) is 0. The van der Waals surface area contributed by atoms with Crippen LogP contribution in [0.3, 0.4) is 0 Å². The molecule has 1 aromatic carbocycles. The first-order chi connectivity index (χ1) is 5.16. The molecule has 0 saturated carbocycles. The van der Waals surface area contributed by atoms with Crippen molar-refractivity contribution in [3.63, 3.8) is 0 Å². The summed E-state index contributed by atoms with van der Waals surface area (Å²) < 4.78 is 0. The highest BCUT2D eigenvalue weighted by atomic mass is 16.3. The van der Waals surface area contributed by atoms with E-state index in [9.17, 15) is 5.11 Å². The fourth-order valence-corrected chi connectivity index (χ4v) is 1.14. The zero-order valence-corrected chi connectivity index (χ0v) is 6.89. The molecule has 0 atom stereocenters. The van der Waals surface area contributed by atoms with E-state index < -0.39 is 0 Å². The number of hydrogen-bond donors (Lipinski definition) is 2. The van der Waals surface area contributed by atoms with E-state index in [0.717, 1.165) is 12.0 Å². The Kier molecular flexibility index (Phi) is 2.03. The third kappa shape index (κ3) is 1.29. The van der Waals surface area contributed by atoms with Gasteiger partial charge in [0.2, 0.25) is 0 Å². The topological polar surface area (TPSA) is 46.2 Å². The summed E-state index contributed by atoms with van der Waals surface area (Å²) in [6.45, 7) is 3.99. The lowest BCUT2D eigenvalue weighted by Gasteiger charge is -2.07. The molecule has 0 amide bonds. The molecule has 1 aromatic rings. The van der Waals surface area contributed by atoms with Crippen LogP contribution in [0.4, 0.5) is 5.69 Å². The third-order valence-electron chi connectivity index (χ3n) is 1.98. The highest BCUT2D eigenvalue weighted by Gasteiger charge is 2.03. The summed E-state index contributed by atoms with van der Waals surface area (Å²) in [5.41, 5.74) is 8.30. The Bertz CT molecular complexity index is 269. The molecule has 0 spiro atoms. The van der Waals surface area contributed by atoms with E-state index in [2.05, 4.69) is 6.92 Å². The van der Waals surface area contributed by atoms with Crippen LogP contribution >= 0.6 is 0 Å². The number of benzene rings is 1. The second kappa shape index (κ2) is 2.82. The van der Waals surface area contributed by atoms with Gasteiger partial charge in [0.25, 0.3) is 0 Å².